The van der Waals surface area contributed by atoms with Crippen molar-refractivity contribution < 1.29 is 4.74 Å². The average Bonchev–Trinajstić information content (AvgIpc) is 2.30. The molecule has 2 heteroatoms. The van der Waals surface area contributed by atoms with Gasteiger partial charge in [-0.3, -0.25) is 0 Å². The van der Waals surface area contributed by atoms with Gasteiger partial charge < -0.3 is 4.74 Å². The summed E-state index contributed by atoms with van der Waals surface area (Å²) >= 11 is 3.56. The number of hydrogen-bond acceptors (Lipinski definition) is 1. The number of halogens is 1. The zero-order valence-electron chi connectivity index (χ0n) is 9.50. The molecule has 1 rings (SSSR count). The molecule has 0 spiro atoms. The Morgan fingerprint density at radius 2 is 1.93 bits per heavy atom. The van der Waals surface area contributed by atoms with Gasteiger partial charge in [-0.2, -0.15) is 0 Å². The van der Waals surface area contributed by atoms with Crippen LogP contribution in [0.4, 0.5) is 0 Å². The molecular weight excluding hydrogens is 252 g/mol. The molecule has 15 heavy (non-hydrogen) atoms. The molecule has 0 aliphatic carbocycles. The molecule has 0 N–H and O–H groups in total. The van der Waals surface area contributed by atoms with Crippen LogP contribution < -0.4 is 4.74 Å². The zero-order chi connectivity index (χ0) is 11.1. The Morgan fingerprint density at radius 1 is 1.27 bits per heavy atom. The van der Waals surface area contributed by atoms with Crippen molar-refractivity contribution in [2.75, 3.05) is 11.9 Å². The van der Waals surface area contributed by atoms with Crippen molar-refractivity contribution in [2.45, 2.75) is 26.7 Å². The van der Waals surface area contributed by atoms with Gasteiger partial charge in [-0.15, -0.1) is 0 Å². The molecule has 84 valence electrons. The van der Waals surface area contributed by atoms with Crippen molar-refractivity contribution in [2.24, 2.45) is 5.41 Å². The summed E-state index contributed by atoms with van der Waals surface area (Å²) in [5.74, 6) is 0.963. The van der Waals surface area contributed by atoms with E-state index in [4.69, 9.17) is 4.74 Å². The van der Waals surface area contributed by atoms with Gasteiger partial charge in [0.25, 0.3) is 0 Å². The number of ether oxygens (including phenoxy) is 1. The van der Waals surface area contributed by atoms with Gasteiger partial charge in [0.15, 0.2) is 0 Å². The highest BCUT2D eigenvalue weighted by atomic mass is 79.9. The Bertz CT molecular complexity index is 267. The van der Waals surface area contributed by atoms with Crippen molar-refractivity contribution in [1.29, 1.82) is 0 Å². The molecule has 1 aromatic rings. The number of para-hydroxylation sites is 1. The van der Waals surface area contributed by atoms with Gasteiger partial charge in [0.2, 0.25) is 0 Å². The molecule has 0 radical (unpaired) electrons. The Morgan fingerprint density at radius 3 is 2.47 bits per heavy atom. The van der Waals surface area contributed by atoms with Crippen LogP contribution in [0.25, 0.3) is 0 Å². The molecule has 0 bridgehead atoms. The zero-order valence-corrected chi connectivity index (χ0v) is 11.1. The molecule has 0 saturated heterocycles. The van der Waals surface area contributed by atoms with Crippen molar-refractivity contribution in [3.63, 3.8) is 0 Å². The first-order valence-electron chi connectivity index (χ1n) is 5.44. The third-order valence-electron chi connectivity index (χ3n) is 2.89. The molecule has 1 nitrogen and oxygen atoms in total. The maximum Gasteiger partial charge on any atom is 0.119 e. The maximum absolute atomic E-state index is 5.68. The van der Waals surface area contributed by atoms with Gasteiger partial charge in [0.05, 0.1) is 6.61 Å². The SMILES string of the molecule is CCC(C)(CBr)CCOc1ccccc1. The second kappa shape index (κ2) is 6.16. The molecule has 1 atom stereocenters. The van der Waals surface area contributed by atoms with Gasteiger partial charge in [-0.05, 0) is 30.4 Å². The molecule has 0 heterocycles. The molecular formula is C13H19BrO. The van der Waals surface area contributed by atoms with Crippen LogP contribution in [0.5, 0.6) is 5.75 Å². The summed E-state index contributed by atoms with van der Waals surface area (Å²) in [6.45, 7) is 5.31. The quantitative estimate of drug-likeness (QED) is 0.702. The third kappa shape index (κ3) is 4.25. The maximum atomic E-state index is 5.68. The van der Waals surface area contributed by atoms with Crippen LogP contribution in [0.3, 0.4) is 0 Å². The van der Waals surface area contributed by atoms with E-state index in [0.29, 0.717) is 5.41 Å². The predicted octanol–water partition coefficient (Wildman–Crippen LogP) is 4.27. The molecule has 0 amide bonds. The summed E-state index contributed by atoms with van der Waals surface area (Å²) in [7, 11) is 0. The van der Waals surface area contributed by atoms with E-state index in [1.165, 1.54) is 6.42 Å². The first-order valence-corrected chi connectivity index (χ1v) is 6.56. The van der Waals surface area contributed by atoms with Crippen molar-refractivity contribution in [1.82, 2.24) is 0 Å². The summed E-state index contributed by atoms with van der Waals surface area (Å²) in [6.07, 6.45) is 2.26. The lowest BCUT2D eigenvalue weighted by molar-refractivity contribution is 0.228. The van der Waals surface area contributed by atoms with E-state index in [1.54, 1.807) is 0 Å². The van der Waals surface area contributed by atoms with Crippen LogP contribution in [-0.4, -0.2) is 11.9 Å². The van der Waals surface area contributed by atoms with E-state index in [0.717, 1.165) is 24.1 Å². The summed E-state index contributed by atoms with van der Waals surface area (Å²) in [6, 6.07) is 9.99. The molecule has 1 unspecified atom stereocenters. The lowest BCUT2D eigenvalue weighted by atomic mass is 9.87. The lowest BCUT2D eigenvalue weighted by Gasteiger charge is -2.25. The van der Waals surface area contributed by atoms with Crippen LogP contribution >= 0.6 is 15.9 Å². The fourth-order valence-corrected chi connectivity index (χ4v) is 1.95. The number of hydrogen-bond donors (Lipinski definition) is 0. The van der Waals surface area contributed by atoms with Crippen molar-refractivity contribution in [3.8, 4) is 5.75 Å². The van der Waals surface area contributed by atoms with E-state index in [2.05, 4.69) is 29.8 Å². The molecule has 0 aliphatic rings. The minimum absolute atomic E-state index is 0.356. The molecule has 0 saturated carbocycles. The number of benzene rings is 1. The number of rotatable bonds is 6. The Balaban J connectivity index is 2.33. The highest BCUT2D eigenvalue weighted by Gasteiger charge is 2.20. The van der Waals surface area contributed by atoms with Gasteiger partial charge >= 0.3 is 0 Å². The monoisotopic (exact) mass is 270 g/mol. The Hall–Kier alpha value is -0.500. The van der Waals surface area contributed by atoms with Crippen LogP contribution in [0.1, 0.15) is 26.7 Å². The van der Waals surface area contributed by atoms with Crippen molar-refractivity contribution >= 4 is 15.9 Å². The summed E-state index contributed by atoms with van der Waals surface area (Å²) in [4.78, 5) is 0. The third-order valence-corrected chi connectivity index (χ3v) is 4.25. The van der Waals surface area contributed by atoms with Gasteiger partial charge in [-0.1, -0.05) is 48.0 Å². The van der Waals surface area contributed by atoms with Crippen LogP contribution in [0.2, 0.25) is 0 Å². The van der Waals surface area contributed by atoms with Crippen molar-refractivity contribution in [3.05, 3.63) is 30.3 Å². The van der Waals surface area contributed by atoms with Gasteiger partial charge in [0.1, 0.15) is 5.75 Å². The Labute approximate surface area is 101 Å². The minimum Gasteiger partial charge on any atom is -0.494 e. The van der Waals surface area contributed by atoms with Crippen LogP contribution in [0.15, 0.2) is 30.3 Å². The first kappa shape index (κ1) is 12.6. The first-order chi connectivity index (χ1) is 7.20. The predicted molar refractivity (Wildman–Crippen MR) is 68.7 cm³/mol. The molecule has 1 aromatic carbocycles. The molecule has 0 aromatic heterocycles. The summed E-state index contributed by atoms with van der Waals surface area (Å²) in [5, 5.41) is 1.04. The smallest absolute Gasteiger partial charge is 0.119 e. The highest BCUT2D eigenvalue weighted by molar-refractivity contribution is 9.09. The topological polar surface area (TPSA) is 9.23 Å². The van der Waals surface area contributed by atoms with Gasteiger partial charge in [-0.25, -0.2) is 0 Å². The second-order valence-corrected chi connectivity index (χ2v) is 4.77. The van der Waals surface area contributed by atoms with E-state index in [9.17, 15) is 0 Å². The summed E-state index contributed by atoms with van der Waals surface area (Å²) < 4.78 is 5.68. The van der Waals surface area contributed by atoms with E-state index in [1.807, 2.05) is 30.3 Å². The molecule has 0 aliphatic heterocycles. The van der Waals surface area contributed by atoms with Crippen LogP contribution in [-0.2, 0) is 0 Å². The van der Waals surface area contributed by atoms with E-state index < -0.39 is 0 Å². The number of alkyl halides is 1. The minimum atomic E-state index is 0.356. The average molecular weight is 271 g/mol. The van der Waals surface area contributed by atoms with E-state index in [-0.39, 0.29) is 0 Å². The summed E-state index contributed by atoms with van der Waals surface area (Å²) in [5.41, 5.74) is 0.356. The second-order valence-electron chi connectivity index (χ2n) is 4.21. The molecule has 0 fully saturated rings. The largest absolute Gasteiger partial charge is 0.494 e. The normalized spacial score (nSPS) is 14.6. The van der Waals surface area contributed by atoms with Crippen LogP contribution in [0, 0.1) is 5.41 Å². The highest BCUT2D eigenvalue weighted by Crippen LogP contribution is 2.28. The fraction of sp³-hybridized carbons (Fsp3) is 0.538. The lowest BCUT2D eigenvalue weighted by Crippen LogP contribution is -2.20. The van der Waals surface area contributed by atoms with Gasteiger partial charge in [0, 0.05) is 5.33 Å². The standard InChI is InChI=1S/C13H19BrO/c1-3-13(2,11-14)9-10-15-12-7-5-4-6-8-12/h4-8H,3,9-11H2,1-2H3. The Kier molecular flexibility index (Phi) is 5.16. The fourth-order valence-electron chi connectivity index (χ4n) is 1.27. The van der Waals surface area contributed by atoms with E-state index >= 15 is 0 Å².